The molecule has 1 aliphatic carbocycles. The van der Waals surface area contributed by atoms with Gasteiger partial charge < -0.3 is 15.0 Å². The Morgan fingerprint density at radius 2 is 2.00 bits per heavy atom. The van der Waals surface area contributed by atoms with Crippen LogP contribution in [0.15, 0.2) is 18.3 Å². The largest absolute Gasteiger partial charge is 0.481 e. The van der Waals surface area contributed by atoms with E-state index < -0.39 is 0 Å². The number of nitrogens with zero attached hydrogens (tertiary/aromatic N) is 3. The van der Waals surface area contributed by atoms with E-state index in [0.717, 1.165) is 22.9 Å². The van der Waals surface area contributed by atoms with Crippen LogP contribution >= 0.6 is 0 Å². The summed E-state index contributed by atoms with van der Waals surface area (Å²) in [4.78, 5) is 9.07. The van der Waals surface area contributed by atoms with Gasteiger partial charge in [-0.05, 0) is 18.9 Å². The predicted molar refractivity (Wildman–Crippen MR) is 83.4 cm³/mol. The highest BCUT2D eigenvalue weighted by atomic mass is 16.5. The molecule has 2 aromatic rings. The van der Waals surface area contributed by atoms with Gasteiger partial charge in [0.15, 0.2) is 0 Å². The van der Waals surface area contributed by atoms with Crippen molar-refractivity contribution in [1.29, 1.82) is 0 Å². The summed E-state index contributed by atoms with van der Waals surface area (Å²) in [5, 5.41) is 0. The van der Waals surface area contributed by atoms with Gasteiger partial charge in [0.05, 0.1) is 7.11 Å². The minimum Gasteiger partial charge on any atom is -0.481 e. The minimum atomic E-state index is -0.0329. The zero-order valence-electron chi connectivity index (χ0n) is 13.1. The monoisotopic (exact) mass is 286 g/mol. The van der Waals surface area contributed by atoms with Crippen LogP contribution in [0, 0.1) is 0 Å². The van der Waals surface area contributed by atoms with Crippen molar-refractivity contribution >= 4 is 5.82 Å². The first-order valence-corrected chi connectivity index (χ1v) is 7.30. The molecule has 1 aliphatic rings. The summed E-state index contributed by atoms with van der Waals surface area (Å²) in [6.07, 6.45) is 4.13. The van der Waals surface area contributed by atoms with Crippen LogP contribution in [-0.2, 0) is 5.41 Å². The summed E-state index contributed by atoms with van der Waals surface area (Å²) in [7, 11) is 1.61. The molecule has 0 unspecified atom stereocenters. The summed E-state index contributed by atoms with van der Waals surface area (Å²) in [6.45, 7) is 6.51. The lowest BCUT2D eigenvalue weighted by atomic mass is 9.95. The van der Waals surface area contributed by atoms with Crippen LogP contribution in [-0.4, -0.2) is 21.6 Å². The summed E-state index contributed by atoms with van der Waals surface area (Å²) >= 11 is 0. The molecule has 2 aromatic heterocycles. The molecule has 3 rings (SSSR count). The third-order valence-electron chi connectivity index (χ3n) is 3.75. The van der Waals surface area contributed by atoms with Crippen molar-refractivity contribution in [2.45, 2.75) is 45.1 Å². The zero-order chi connectivity index (χ0) is 15.2. The van der Waals surface area contributed by atoms with E-state index in [1.807, 2.05) is 12.1 Å². The lowest BCUT2D eigenvalue weighted by Gasteiger charge is -2.20. The van der Waals surface area contributed by atoms with Crippen molar-refractivity contribution < 1.29 is 4.74 Å². The summed E-state index contributed by atoms with van der Waals surface area (Å²) < 4.78 is 7.31. The molecule has 0 bridgehead atoms. The number of rotatable bonds is 3. The standard InChI is InChI=1S/C16H22N4O/c1-16(2,3)15-19-13(14(17)20(15)11-6-7-11)10-5-8-12(21-4)18-9-10/h5,8-9,11H,6-7,17H2,1-4H3. The number of pyridine rings is 1. The Bertz CT molecular complexity index is 648. The first-order chi connectivity index (χ1) is 9.91. The van der Waals surface area contributed by atoms with Gasteiger partial charge in [0.2, 0.25) is 5.88 Å². The van der Waals surface area contributed by atoms with E-state index in [2.05, 4.69) is 30.3 Å². The van der Waals surface area contributed by atoms with Crippen molar-refractivity contribution in [3.8, 4) is 17.1 Å². The fraction of sp³-hybridized carbons (Fsp3) is 0.500. The third-order valence-corrected chi connectivity index (χ3v) is 3.75. The topological polar surface area (TPSA) is 66.0 Å². The number of nitrogens with two attached hydrogens (primary N) is 1. The molecule has 21 heavy (non-hydrogen) atoms. The van der Waals surface area contributed by atoms with Gasteiger partial charge in [-0.1, -0.05) is 20.8 Å². The molecule has 112 valence electrons. The Kier molecular flexibility index (Phi) is 3.15. The van der Waals surface area contributed by atoms with Crippen molar-refractivity contribution in [1.82, 2.24) is 14.5 Å². The Morgan fingerprint density at radius 1 is 1.29 bits per heavy atom. The maximum Gasteiger partial charge on any atom is 0.212 e. The molecule has 5 nitrogen and oxygen atoms in total. The third kappa shape index (κ3) is 2.48. The summed E-state index contributed by atoms with van der Waals surface area (Å²) in [6, 6.07) is 4.29. The molecular formula is C16H22N4O. The molecule has 0 saturated heterocycles. The molecule has 2 heterocycles. The molecule has 0 atom stereocenters. The van der Waals surface area contributed by atoms with Crippen LogP contribution in [0.2, 0.25) is 0 Å². The molecule has 1 saturated carbocycles. The second-order valence-electron chi connectivity index (χ2n) is 6.61. The Balaban J connectivity index is 2.10. The van der Waals surface area contributed by atoms with Gasteiger partial charge in [-0.3, -0.25) is 0 Å². The number of aromatic nitrogens is 3. The summed E-state index contributed by atoms with van der Waals surface area (Å²) in [5.41, 5.74) is 8.10. The zero-order valence-corrected chi connectivity index (χ0v) is 13.1. The molecular weight excluding hydrogens is 264 g/mol. The molecule has 0 amide bonds. The first kappa shape index (κ1) is 13.9. The van der Waals surface area contributed by atoms with Gasteiger partial charge in [0.25, 0.3) is 0 Å². The van der Waals surface area contributed by atoms with E-state index in [9.17, 15) is 0 Å². The van der Waals surface area contributed by atoms with E-state index in [1.165, 1.54) is 12.8 Å². The minimum absolute atomic E-state index is 0.0329. The second-order valence-corrected chi connectivity index (χ2v) is 6.61. The number of hydrogen-bond donors (Lipinski definition) is 1. The Morgan fingerprint density at radius 3 is 2.48 bits per heavy atom. The number of nitrogen functional groups attached to an aromatic ring is 1. The average Bonchev–Trinajstić information content (AvgIpc) is 3.21. The quantitative estimate of drug-likeness (QED) is 0.941. The molecule has 5 heteroatoms. The average molecular weight is 286 g/mol. The lowest BCUT2D eigenvalue weighted by molar-refractivity contribution is 0.398. The maximum absolute atomic E-state index is 6.39. The van der Waals surface area contributed by atoms with Gasteiger partial charge in [-0.15, -0.1) is 0 Å². The fourth-order valence-corrected chi connectivity index (χ4v) is 2.53. The highest BCUT2D eigenvalue weighted by Gasteiger charge is 2.34. The van der Waals surface area contributed by atoms with Gasteiger partial charge in [0, 0.05) is 29.3 Å². The van der Waals surface area contributed by atoms with Crippen molar-refractivity contribution in [3.63, 3.8) is 0 Å². The molecule has 1 fully saturated rings. The smallest absolute Gasteiger partial charge is 0.212 e. The van der Waals surface area contributed by atoms with Crippen LogP contribution < -0.4 is 10.5 Å². The predicted octanol–water partition coefficient (Wildman–Crippen LogP) is 3.17. The molecule has 0 spiro atoms. The van der Waals surface area contributed by atoms with Gasteiger partial charge in [-0.25, -0.2) is 9.97 Å². The Hall–Kier alpha value is -2.04. The van der Waals surface area contributed by atoms with Crippen LogP contribution in [0.3, 0.4) is 0 Å². The number of imidazole rings is 1. The van der Waals surface area contributed by atoms with Gasteiger partial charge in [-0.2, -0.15) is 0 Å². The van der Waals surface area contributed by atoms with E-state index >= 15 is 0 Å². The van der Waals surface area contributed by atoms with E-state index in [1.54, 1.807) is 13.3 Å². The molecule has 0 aliphatic heterocycles. The Labute approximate surface area is 125 Å². The van der Waals surface area contributed by atoms with Crippen LogP contribution in [0.1, 0.15) is 45.5 Å². The highest BCUT2D eigenvalue weighted by molar-refractivity contribution is 5.71. The normalized spacial score (nSPS) is 15.2. The van der Waals surface area contributed by atoms with Crippen LogP contribution in [0.5, 0.6) is 5.88 Å². The maximum atomic E-state index is 6.39. The van der Waals surface area contributed by atoms with Crippen LogP contribution in [0.4, 0.5) is 5.82 Å². The second kappa shape index (κ2) is 4.76. The molecule has 0 radical (unpaired) electrons. The molecule has 0 aromatic carbocycles. The van der Waals surface area contributed by atoms with E-state index in [4.69, 9.17) is 15.5 Å². The van der Waals surface area contributed by atoms with Gasteiger partial charge in [0.1, 0.15) is 17.3 Å². The number of anilines is 1. The fourth-order valence-electron chi connectivity index (χ4n) is 2.53. The lowest BCUT2D eigenvalue weighted by Crippen LogP contribution is -2.19. The number of hydrogen-bond acceptors (Lipinski definition) is 4. The van der Waals surface area contributed by atoms with Crippen molar-refractivity contribution in [2.75, 3.05) is 12.8 Å². The van der Waals surface area contributed by atoms with Gasteiger partial charge >= 0.3 is 0 Å². The van der Waals surface area contributed by atoms with E-state index in [0.29, 0.717) is 11.9 Å². The number of methoxy groups -OCH3 is 1. The van der Waals surface area contributed by atoms with Crippen molar-refractivity contribution in [3.05, 3.63) is 24.2 Å². The van der Waals surface area contributed by atoms with Crippen molar-refractivity contribution in [2.24, 2.45) is 0 Å². The van der Waals surface area contributed by atoms with E-state index in [-0.39, 0.29) is 5.41 Å². The molecule has 2 N–H and O–H groups in total. The first-order valence-electron chi connectivity index (χ1n) is 7.30. The highest BCUT2D eigenvalue weighted by Crippen LogP contribution is 2.43. The summed E-state index contributed by atoms with van der Waals surface area (Å²) in [5.74, 6) is 2.39. The van der Waals surface area contributed by atoms with Crippen LogP contribution in [0.25, 0.3) is 11.3 Å². The SMILES string of the molecule is COc1ccc(-c2nc(C(C)(C)C)n(C3CC3)c2N)cn1. The number of ether oxygens (including phenoxy) is 1.